The molecule has 0 aliphatic carbocycles. The van der Waals surface area contributed by atoms with Crippen LogP contribution in [-0.4, -0.2) is 36.3 Å². The van der Waals surface area contributed by atoms with Crippen molar-refractivity contribution in [2.75, 3.05) is 19.6 Å². The van der Waals surface area contributed by atoms with Crippen molar-refractivity contribution in [1.29, 1.82) is 0 Å². The third-order valence-electron chi connectivity index (χ3n) is 4.93. The van der Waals surface area contributed by atoms with Gasteiger partial charge in [-0.3, -0.25) is 9.59 Å². The second kappa shape index (κ2) is 7.30. The predicted molar refractivity (Wildman–Crippen MR) is 97.4 cm³/mol. The van der Waals surface area contributed by atoms with E-state index in [4.69, 9.17) is 4.42 Å². The van der Waals surface area contributed by atoms with Gasteiger partial charge >= 0.3 is 0 Å². The summed E-state index contributed by atoms with van der Waals surface area (Å²) < 4.78 is 5.82. The van der Waals surface area contributed by atoms with Crippen LogP contribution in [0, 0.1) is 18.8 Å². The number of carbonyl (C=O) groups is 2. The molecule has 2 aromatic rings. The maximum atomic E-state index is 12.9. The third kappa shape index (κ3) is 3.70. The van der Waals surface area contributed by atoms with Crippen LogP contribution in [0.3, 0.4) is 0 Å². The maximum Gasteiger partial charge on any atom is 0.289 e. The van der Waals surface area contributed by atoms with Gasteiger partial charge < -0.3 is 14.6 Å². The lowest BCUT2D eigenvalue weighted by Gasteiger charge is -2.32. The highest BCUT2D eigenvalue weighted by atomic mass is 16.3. The van der Waals surface area contributed by atoms with Crippen molar-refractivity contribution >= 4 is 22.8 Å². The minimum absolute atomic E-state index is 0.0143. The summed E-state index contributed by atoms with van der Waals surface area (Å²) in [5.74, 6) is 0.739. The summed E-state index contributed by atoms with van der Waals surface area (Å²) in [7, 11) is 0. The lowest BCUT2D eigenvalue weighted by Crippen LogP contribution is -2.44. The molecule has 2 heterocycles. The van der Waals surface area contributed by atoms with E-state index in [0.717, 1.165) is 35.9 Å². The zero-order valence-corrected chi connectivity index (χ0v) is 15.2. The van der Waals surface area contributed by atoms with Gasteiger partial charge in [0.1, 0.15) is 5.58 Å². The number of aryl methyl sites for hydroxylation is 1. The van der Waals surface area contributed by atoms with Gasteiger partial charge in [0.05, 0.1) is 0 Å². The van der Waals surface area contributed by atoms with Crippen molar-refractivity contribution in [1.82, 2.24) is 10.2 Å². The summed E-state index contributed by atoms with van der Waals surface area (Å²) >= 11 is 0. The van der Waals surface area contributed by atoms with Gasteiger partial charge in [0.15, 0.2) is 5.76 Å². The van der Waals surface area contributed by atoms with Crippen molar-refractivity contribution in [2.24, 2.45) is 11.8 Å². The Labute approximate surface area is 148 Å². The van der Waals surface area contributed by atoms with Gasteiger partial charge in [0, 0.05) is 36.5 Å². The molecule has 1 aliphatic heterocycles. The smallest absolute Gasteiger partial charge is 0.289 e. The van der Waals surface area contributed by atoms with Crippen LogP contribution < -0.4 is 5.32 Å². The molecule has 1 aromatic carbocycles. The van der Waals surface area contributed by atoms with Crippen LogP contribution in [0.5, 0.6) is 0 Å². The molecule has 0 bridgehead atoms. The van der Waals surface area contributed by atoms with Gasteiger partial charge in [0.2, 0.25) is 5.91 Å². The number of benzene rings is 1. The summed E-state index contributed by atoms with van der Waals surface area (Å²) in [4.78, 5) is 26.5. The summed E-state index contributed by atoms with van der Waals surface area (Å²) in [5.41, 5.74) is 1.65. The van der Waals surface area contributed by atoms with Crippen LogP contribution in [0.4, 0.5) is 0 Å². The zero-order chi connectivity index (χ0) is 18.0. The number of piperidine rings is 1. The van der Waals surface area contributed by atoms with E-state index in [2.05, 4.69) is 5.32 Å². The molecule has 0 radical (unpaired) electrons. The fourth-order valence-electron chi connectivity index (χ4n) is 3.39. The number of furan rings is 1. The quantitative estimate of drug-likeness (QED) is 0.927. The standard InChI is InChI=1S/C20H26N2O3/c1-13(2)19(23)21-11-15-7-6-10-22(12-15)20(24)18-14(3)16-8-4-5-9-17(16)25-18/h4-5,8-9,13,15H,6-7,10-12H2,1-3H3,(H,21,23). The second-order valence-electron chi connectivity index (χ2n) is 7.21. The molecule has 1 aliphatic rings. The van der Waals surface area contributed by atoms with Gasteiger partial charge in [-0.1, -0.05) is 32.0 Å². The molecule has 1 aromatic heterocycles. The number of carbonyl (C=O) groups excluding carboxylic acids is 2. The summed E-state index contributed by atoms with van der Waals surface area (Å²) in [6, 6.07) is 7.73. The molecule has 134 valence electrons. The number of amides is 2. The first-order chi connectivity index (χ1) is 12.0. The Balaban J connectivity index is 1.69. The molecule has 5 nitrogen and oxygen atoms in total. The van der Waals surface area contributed by atoms with Gasteiger partial charge in [-0.2, -0.15) is 0 Å². The van der Waals surface area contributed by atoms with Crippen molar-refractivity contribution in [3.63, 3.8) is 0 Å². The number of para-hydroxylation sites is 1. The number of fused-ring (bicyclic) bond motifs is 1. The molecule has 2 amide bonds. The van der Waals surface area contributed by atoms with E-state index in [1.165, 1.54) is 0 Å². The van der Waals surface area contributed by atoms with Gasteiger partial charge in [-0.25, -0.2) is 0 Å². The molecule has 0 spiro atoms. The summed E-state index contributed by atoms with van der Waals surface area (Å²) in [5, 5.41) is 3.97. The first-order valence-electron chi connectivity index (χ1n) is 9.02. The molecule has 0 saturated carbocycles. The Kier molecular flexibility index (Phi) is 5.11. The molecule has 1 atom stereocenters. The number of rotatable bonds is 4. The van der Waals surface area contributed by atoms with Crippen LogP contribution >= 0.6 is 0 Å². The molecule has 3 rings (SSSR count). The molecular formula is C20H26N2O3. The molecule has 5 heteroatoms. The van der Waals surface area contributed by atoms with Gasteiger partial charge in [-0.15, -0.1) is 0 Å². The maximum absolute atomic E-state index is 12.9. The van der Waals surface area contributed by atoms with Crippen LogP contribution in [0.15, 0.2) is 28.7 Å². The van der Waals surface area contributed by atoms with Crippen LogP contribution in [0.2, 0.25) is 0 Å². The average Bonchev–Trinajstić information content (AvgIpc) is 2.96. The van der Waals surface area contributed by atoms with Crippen molar-refractivity contribution in [2.45, 2.75) is 33.6 Å². The van der Waals surface area contributed by atoms with E-state index in [9.17, 15) is 9.59 Å². The Morgan fingerprint density at radius 1 is 1.32 bits per heavy atom. The largest absolute Gasteiger partial charge is 0.451 e. The average molecular weight is 342 g/mol. The first kappa shape index (κ1) is 17.5. The Hall–Kier alpha value is -2.30. The van der Waals surface area contributed by atoms with Crippen LogP contribution in [-0.2, 0) is 4.79 Å². The Morgan fingerprint density at radius 2 is 2.08 bits per heavy atom. The number of likely N-dealkylation sites (tertiary alicyclic amines) is 1. The predicted octanol–water partition coefficient (Wildman–Crippen LogP) is 3.37. The molecular weight excluding hydrogens is 316 g/mol. The first-order valence-corrected chi connectivity index (χ1v) is 9.02. The second-order valence-corrected chi connectivity index (χ2v) is 7.21. The molecule has 1 unspecified atom stereocenters. The fraction of sp³-hybridized carbons (Fsp3) is 0.500. The topological polar surface area (TPSA) is 62.6 Å². The van der Waals surface area contributed by atoms with Crippen LogP contribution in [0.1, 0.15) is 42.8 Å². The van der Waals surface area contributed by atoms with E-state index in [0.29, 0.717) is 24.8 Å². The SMILES string of the molecule is Cc1c(C(=O)N2CCCC(CNC(=O)C(C)C)C2)oc2ccccc12. The van der Waals surface area contributed by atoms with E-state index < -0.39 is 0 Å². The van der Waals surface area contributed by atoms with Crippen LogP contribution in [0.25, 0.3) is 11.0 Å². The van der Waals surface area contributed by atoms with Crippen molar-refractivity contribution in [3.8, 4) is 0 Å². The lowest BCUT2D eigenvalue weighted by atomic mass is 9.97. The Morgan fingerprint density at radius 3 is 2.80 bits per heavy atom. The number of hydrogen-bond donors (Lipinski definition) is 1. The van der Waals surface area contributed by atoms with Gasteiger partial charge in [0.25, 0.3) is 5.91 Å². The number of hydrogen-bond acceptors (Lipinski definition) is 3. The molecule has 25 heavy (non-hydrogen) atoms. The van der Waals surface area contributed by atoms with Crippen molar-refractivity contribution in [3.05, 3.63) is 35.6 Å². The number of nitrogens with one attached hydrogen (secondary N) is 1. The Bertz CT molecular complexity index is 778. The minimum atomic E-state index is -0.0476. The van der Waals surface area contributed by atoms with E-state index in [1.807, 2.05) is 49.9 Å². The molecule has 1 N–H and O–H groups in total. The summed E-state index contributed by atoms with van der Waals surface area (Å²) in [6.07, 6.45) is 1.98. The molecule has 1 saturated heterocycles. The van der Waals surface area contributed by atoms with E-state index in [-0.39, 0.29) is 17.7 Å². The van der Waals surface area contributed by atoms with E-state index in [1.54, 1.807) is 0 Å². The number of nitrogens with zero attached hydrogens (tertiary/aromatic N) is 1. The summed E-state index contributed by atoms with van der Waals surface area (Å²) in [6.45, 7) is 7.73. The highest BCUT2D eigenvalue weighted by Gasteiger charge is 2.28. The monoisotopic (exact) mass is 342 g/mol. The zero-order valence-electron chi connectivity index (χ0n) is 15.2. The molecule has 1 fully saturated rings. The van der Waals surface area contributed by atoms with Crippen molar-refractivity contribution < 1.29 is 14.0 Å². The van der Waals surface area contributed by atoms with Gasteiger partial charge in [-0.05, 0) is 31.7 Å². The third-order valence-corrected chi connectivity index (χ3v) is 4.93. The minimum Gasteiger partial charge on any atom is -0.451 e. The lowest BCUT2D eigenvalue weighted by molar-refractivity contribution is -0.124. The fourth-order valence-corrected chi connectivity index (χ4v) is 3.39. The van der Waals surface area contributed by atoms with E-state index >= 15 is 0 Å². The highest BCUT2D eigenvalue weighted by molar-refractivity contribution is 5.99. The normalized spacial score (nSPS) is 17.9. The highest BCUT2D eigenvalue weighted by Crippen LogP contribution is 2.27.